The molecule has 7 nitrogen and oxygen atoms in total. The third kappa shape index (κ3) is 4.83. The van der Waals surface area contributed by atoms with Gasteiger partial charge in [-0.15, -0.1) is 0 Å². The zero-order chi connectivity index (χ0) is 24.2. The van der Waals surface area contributed by atoms with Gasteiger partial charge < -0.3 is 20.5 Å². The lowest BCUT2D eigenvalue weighted by atomic mass is 9.97. The van der Waals surface area contributed by atoms with Crippen molar-refractivity contribution in [3.8, 4) is 11.1 Å². The predicted octanol–water partition coefficient (Wildman–Crippen LogP) is 4.23. The van der Waals surface area contributed by atoms with Gasteiger partial charge in [0.15, 0.2) is 0 Å². The fraction of sp³-hybridized carbons (Fsp3) is 0.370. The third-order valence-corrected chi connectivity index (χ3v) is 6.85. The van der Waals surface area contributed by atoms with Gasteiger partial charge in [0.1, 0.15) is 12.6 Å². The molecule has 1 unspecified atom stereocenters. The number of carbonyl (C=O) groups excluding carboxylic acids is 2. The standard InChI is InChI=1S/C27H30N2O5/c1-3-16(2)24(25(30)28-18-13-12-17(14-18)26(31)32)29-27(33)34-15-23-21-10-6-4-8-19(21)20-9-5-7-11-22(20)23/h4-12,16,18,23-24H,3,13-15H2,1-2H3,(H,28,30)(H,29,33)(H,31,32)/t16-,18?,24-/m0/s1. The largest absolute Gasteiger partial charge is 0.478 e. The van der Waals surface area contributed by atoms with E-state index in [2.05, 4.69) is 34.9 Å². The Kier molecular flexibility index (Phi) is 7.01. The zero-order valence-electron chi connectivity index (χ0n) is 19.4. The Morgan fingerprint density at radius 3 is 2.24 bits per heavy atom. The van der Waals surface area contributed by atoms with Gasteiger partial charge in [-0.2, -0.15) is 0 Å². The summed E-state index contributed by atoms with van der Waals surface area (Å²) >= 11 is 0. The summed E-state index contributed by atoms with van der Waals surface area (Å²) in [6, 6.07) is 15.2. The molecular weight excluding hydrogens is 432 g/mol. The number of hydrogen-bond acceptors (Lipinski definition) is 4. The van der Waals surface area contributed by atoms with Gasteiger partial charge in [0.05, 0.1) is 0 Å². The lowest BCUT2D eigenvalue weighted by Gasteiger charge is -2.25. The van der Waals surface area contributed by atoms with Crippen molar-refractivity contribution in [2.75, 3.05) is 6.61 Å². The van der Waals surface area contributed by atoms with Gasteiger partial charge in [-0.25, -0.2) is 9.59 Å². The van der Waals surface area contributed by atoms with E-state index >= 15 is 0 Å². The van der Waals surface area contributed by atoms with Gasteiger partial charge in [-0.3, -0.25) is 4.79 Å². The highest BCUT2D eigenvalue weighted by atomic mass is 16.5. The van der Waals surface area contributed by atoms with E-state index < -0.39 is 18.1 Å². The minimum Gasteiger partial charge on any atom is -0.478 e. The Balaban J connectivity index is 1.38. The average Bonchev–Trinajstić information content (AvgIpc) is 3.43. The highest BCUT2D eigenvalue weighted by Gasteiger charge is 2.32. The fourth-order valence-electron chi connectivity index (χ4n) is 4.76. The maximum Gasteiger partial charge on any atom is 0.407 e. The highest BCUT2D eigenvalue weighted by Crippen LogP contribution is 2.44. The topological polar surface area (TPSA) is 105 Å². The highest BCUT2D eigenvalue weighted by molar-refractivity contribution is 5.89. The quantitative estimate of drug-likeness (QED) is 0.545. The number of alkyl carbamates (subject to hydrolysis) is 1. The number of rotatable bonds is 8. The van der Waals surface area contributed by atoms with Crippen LogP contribution in [0, 0.1) is 5.92 Å². The molecule has 0 saturated carbocycles. The second kappa shape index (κ2) is 10.1. The van der Waals surface area contributed by atoms with Crippen molar-refractivity contribution in [1.29, 1.82) is 0 Å². The van der Waals surface area contributed by atoms with E-state index in [4.69, 9.17) is 9.84 Å². The molecule has 2 aliphatic rings. The lowest BCUT2D eigenvalue weighted by Crippen LogP contribution is -2.52. The SMILES string of the molecule is CC[C@H](C)[C@H](NC(=O)OCC1c2ccccc2-c2ccccc21)C(=O)NC1CC=C(C(=O)O)C1. The molecule has 34 heavy (non-hydrogen) atoms. The average molecular weight is 463 g/mol. The van der Waals surface area contributed by atoms with Crippen LogP contribution in [-0.4, -0.2) is 41.8 Å². The van der Waals surface area contributed by atoms with E-state index in [1.807, 2.05) is 38.1 Å². The van der Waals surface area contributed by atoms with Crippen molar-refractivity contribution in [1.82, 2.24) is 10.6 Å². The number of carboxylic acid groups (broad SMARTS) is 1. The first-order valence-electron chi connectivity index (χ1n) is 11.7. The first-order chi connectivity index (χ1) is 16.4. The van der Waals surface area contributed by atoms with Crippen molar-refractivity contribution >= 4 is 18.0 Å². The van der Waals surface area contributed by atoms with E-state index in [1.165, 1.54) is 0 Å². The minimum absolute atomic E-state index is 0.0620. The molecule has 2 aromatic carbocycles. The number of aliphatic carboxylic acids is 1. The van der Waals surface area contributed by atoms with Crippen LogP contribution < -0.4 is 10.6 Å². The van der Waals surface area contributed by atoms with Gasteiger partial charge >= 0.3 is 12.1 Å². The molecule has 0 radical (unpaired) electrons. The smallest absolute Gasteiger partial charge is 0.407 e. The summed E-state index contributed by atoms with van der Waals surface area (Å²) in [7, 11) is 0. The van der Waals surface area contributed by atoms with Gasteiger partial charge in [0.2, 0.25) is 5.91 Å². The molecule has 3 N–H and O–H groups in total. The first kappa shape index (κ1) is 23.5. The molecule has 0 aliphatic heterocycles. The van der Waals surface area contributed by atoms with Crippen molar-refractivity contribution in [3.63, 3.8) is 0 Å². The minimum atomic E-state index is -0.966. The second-order valence-electron chi connectivity index (χ2n) is 9.01. The van der Waals surface area contributed by atoms with Crippen molar-refractivity contribution in [3.05, 3.63) is 71.3 Å². The number of fused-ring (bicyclic) bond motifs is 3. The lowest BCUT2D eigenvalue weighted by molar-refractivity contribution is -0.133. The molecule has 3 atom stereocenters. The molecule has 0 bridgehead atoms. The summed E-state index contributed by atoms with van der Waals surface area (Å²) in [6.07, 6.45) is 2.42. The molecular formula is C27H30N2O5. The summed E-state index contributed by atoms with van der Waals surface area (Å²) < 4.78 is 5.62. The van der Waals surface area contributed by atoms with Crippen LogP contribution in [0.3, 0.4) is 0 Å². The molecule has 0 saturated heterocycles. The van der Waals surface area contributed by atoms with Crippen molar-refractivity contribution < 1.29 is 24.2 Å². The summed E-state index contributed by atoms with van der Waals surface area (Å²) in [5.74, 6) is -1.47. The number of carboxylic acids is 1. The third-order valence-electron chi connectivity index (χ3n) is 6.85. The molecule has 178 valence electrons. The van der Waals surface area contributed by atoms with E-state index in [1.54, 1.807) is 6.08 Å². The number of nitrogens with one attached hydrogen (secondary N) is 2. The molecule has 0 spiro atoms. The van der Waals surface area contributed by atoms with Crippen LogP contribution in [0.4, 0.5) is 4.79 Å². The summed E-state index contributed by atoms with van der Waals surface area (Å²) in [6.45, 7) is 4.01. The second-order valence-corrected chi connectivity index (χ2v) is 9.01. The Morgan fingerprint density at radius 2 is 1.68 bits per heavy atom. The number of ether oxygens (including phenoxy) is 1. The fourth-order valence-corrected chi connectivity index (χ4v) is 4.76. The monoisotopic (exact) mass is 462 g/mol. The summed E-state index contributed by atoms with van der Waals surface area (Å²) in [5, 5.41) is 14.8. The number of benzene rings is 2. The molecule has 2 amide bonds. The molecule has 0 fully saturated rings. The van der Waals surface area contributed by atoms with E-state index in [9.17, 15) is 14.4 Å². The van der Waals surface area contributed by atoms with E-state index in [-0.39, 0.29) is 36.8 Å². The van der Waals surface area contributed by atoms with Gasteiger partial charge in [0.25, 0.3) is 0 Å². The van der Waals surface area contributed by atoms with Crippen LogP contribution in [0.5, 0.6) is 0 Å². The van der Waals surface area contributed by atoms with Gasteiger partial charge in [-0.05, 0) is 41.0 Å². The maximum atomic E-state index is 12.9. The number of hydrogen-bond donors (Lipinski definition) is 3. The zero-order valence-corrected chi connectivity index (χ0v) is 19.4. The first-order valence-corrected chi connectivity index (χ1v) is 11.7. The Labute approximate surface area is 199 Å². The Bertz CT molecular complexity index is 1080. The van der Waals surface area contributed by atoms with Crippen molar-refractivity contribution in [2.24, 2.45) is 5.92 Å². The number of amides is 2. The Hall–Kier alpha value is -3.61. The molecule has 4 rings (SSSR count). The van der Waals surface area contributed by atoms with Gasteiger partial charge in [-0.1, -0.05) is 74.9 Å². The van der Waals surface area contributed by atoms with Crippen LogP contribution in [0.15, 0.2) is 60.2 Å². The molecule has 2 aromatic rings. The van der Waals surface area contributed by atoms with Crippen LogP contribution >= 0.6 is 0 Å². The van der Waals surface area contributed by atoms with Gasteiger partial charge in [0, 0.05) is 17.5 Å². The molecule has 0 heterocycles. The molecule has 0 aromatic heterocycles. The molecule has 7 heteroatoms. The van der Waals surface area contributed by atoms with E-state index in [0.717, 1.165) is 22.3 Å². The van der Waals surface area contributed by atoms with E-state index in [0.29, 0.717) is 18.4 Å². The van der Waals surface area contributed by atoms with Crippen LogP contribution in [-0.2, 0) is 14.3 Å². The summed E-state index contributed by atoms with van der Waals surface area (Å²) in [5.41, 5.74) is 4.84. The maximum absolute atomic E-state index is 12.9. The van der Waals surface area contributed by atoms with Crippen LogP contribution in [0.2, 0.25) is 0 Å². The normalized spacial score (nSPS) is 18.3. The number of carbonyl (C=O) groups is 3. The summed E-state index contributed by atoms with van der Waals surface area (Å²) in [4.78, 5) is 36.8. The van der Waals surface area contributed by atoms with Crippen LogP contribution in [0.25, 0.3) is 11.1 Å². The van der Waals surface area contributed by atoms with Crippen LogP contribution in [0.1, 0.15) is 50.2 Å². The van der Waals surface area contributed by atoms with Crippen molar-refractivity contribution in [2.45, 2.75) is 51.1 Å². The Morgan fingerprint density at radius 1 is 1.06 bits per heavy atom. The molecule has 2 aliphatic carbocycles. The predicted molar refractivity (Wildman–Crippen MR) is 128 cm³/mol.